The minimum atomic E-state index is 0.154. The Morgan fingerprint density at radius 3 is 2.00 bits per heavy atom. The van der Waals surface area contributed by atoms with Gasteiger partial charge in [0.25, 0.3) is 0 Å². The average Bonchev–Trinajstić information content (AvgIpc) is 2.37. The third-order valence-electron chi connectivity index (χ3n) is 3.27. The number of hydrogen-bond acceptors (Lipinski definition) is 2. The molecule has 2 nitrogen and oxygen atoms in total. The molecule has 0 aliphatic carbocycles. The lowest BCUT2D eigenvalue weighted by molar-refractivity contribution is 0.788. The Morgan fingerprint density at radius 1 is 0.895 bits per heavy atom. The Hall–Kier alpha value is -1.80. The third kappa shape index (κ3) is 3.58. The van der Waals surface area contributed by atoms with Crippen LogP contribution < -0.4 is 11.1 Å². The highest BCUT2D eigenvalue weighted by atomic mass is 14.9. The van der Waals surface area contributed by atoms with Gasteiger partial charge < -0.3 is 11.1 Å². The van der Waals surface area contributed by atoms with E-state index < -0.39 is 0 Å². The van der Waals surface area contributed by atoms with E-state index >= 15 is 0 Å². The number of hydrogen-bond donors (Lipinski definition) is 2. The summed E-state index contributed by atoms with van der Waals surface area (Å²) in [6, 6.07) is 15.2. The molecule has 0 radical (unpaired) electrons. The highest BCUT2D eigenvalue weighted by molar-refractivity contribution is 5.47. The van der Waals surface area contributed by atoms with Crippen molar-refractivity contribution in [2.24, 2.45) is 5.73 Å². The lowest BCUT2D eigenvalue weighted by Gasteiger charge is -2.20. The molecule has 100 valence electrons. The van der Waals surface area contributed by atoms with Crippen molar-refractivity contribution in [1.29, 1.82) is 0 Å². The molecule has 0 amide bonds. The van der Waals surface area contributed by atoms with E-state index in [1.54, 1.807) is 0 Å². The van der Waals surface area contributed by atoms with Gasteiger partial charge in [-0.3, -0.25) is 0 Å². The summed E-state index contributed by atoms with van der Waals surface area (Å²) in [6.45, 7) is 6.91. The monoisotopic (exact) mass is 254 g/mol. The fourth-order valence-corrected chi connectivity index (χ4v) is 2.34. The minimum absolute atomic E-state index is 0.154. The summed E-state index contributed by atoms with van der Waals surface area (Å²) in [5.74, 6) is 0. The van der Waals surface area contributed by atoms with E-state index in [4.69, 9.17) is 5.73 Å². The Bertz CT molecular complexity index is 523. The molecule has 2 aromatic carbocycles. The number of aryl methyl sites for hydroxylation is 3. The lowest BCUT2D eigenvalue weighted by atomic mass is 10.0. The van der Waals surface area contributed by atoms with Gasteiger partial charge >= 0.3 is 0 Å². The quantitative estimate of drug-likeness (QED) is 0.872. The molecule has 2 aromatic rings. The fraction of sp³-hybridized carbons (Fsp3) is 0.294. The van der Waals surface area contributed by atoms with Crippen LogP contribution in [0.5, 0.6) is 0 Å². The van der Waals surface area contributed by atoms with Gasteiger partial charge in [-0.25, -0.2) is 0 Å². The van der Waals surface area contributed by atoms with E-state index in [1.807, 2.05) is 0 Å². The van der Waals surface area contributed by atoms with Crippen LogP contribution in [0.25, 0.3) is 0 Å². The molecule has 0 aliphatic rings. The Balaban J connectivity index is 2.22. The summed E-state index contributed by atoms with van der Waals surface area (Å²) in [5, 5.41) is 3.50. The second-order valence-corrected chi connectivity index (χ2v) is 5.22. The van der Waals surface area contributed by atoms with Crippen LogP contribution in [0.2, 0.25) is 0 Å². The van der Waals surface area contributed by atoms with Crippen molar-refractivity contribution < 1.29 is 0 Å². The third-order valence-corrected chi connectivity index (χ3v) is 3.27. The highest BCUT2D eigenvalue weighted by Gasteiger charge is 2.10. The molecule has 1 atom stereocenters. The summed E-state index contributed by atoms with van der Waals surface area (Å²) in [7, 11) is 0. The Kier molecular flexibility index (Phi) is 4.23. The van der Waals surface area contributed by atoms with Crippen molar-refractivity contribution in [2.45, 2.75) is 26.8 Å². The largest absolute Gasteiger partial charge is 0.377 e. The van der Waals surface area contributed by atoms with Crippen LogP contribution in [0.4, 0.5) is 5.69 Å². The van der Waals surface area contributed by atoms with E-state index in [0.717, 1.165) is 5.69 Å². The summed E-state index contributed by atoms with van der Waals surface area (Å²) >= 11 is 0. The molecule has 0 saturated heterocycles. The summed E-state index contributed by atoms with van der Waals surface area (Å²) < 4.78 is 0. The number of benzene rings is 2. The lowest BCUT2D eigenvalue weighted by Crippen LogP contribution is -2.20. The SMILES string of the molecule is Cc1ccc(NC(CN)c2cc(C)cc(C)c2)cc1. The number of rotatable bonds is 4. The van der Waals surface area contributed by atoms with Crippen molar-refractivity contribution in [3.63, 3.8) is 0 Å². The molecular formula is C17H22N2. The standard InChI is InChI=1S/C17H22N2/c1-12-4-6-16(7-5-12)19-17(11-18)15-9-13(2)8-14(3)10-15/h4-10,17,19H,11,18H2,1-3H3. The van der Waals surface area contributed by atoms with E-state index in [1.165, 1.54) is 22.3 Å². The van der Waals surface area contributed by atoms with Crippen LogP contribution >= 0.6 is 0 Å². The molecule has 0 bridgehead atoms. The predicted octanol–water partition coefficient (Wildman–Crippen LogP) is 3.72. The van der Waals surface area contributed by atoms with Gasteiger partial charge in [0, 0.05) is 12.2 Å². The zero-order valence-electron chi connectivity index (χ0n) is 11.9. The molecule has 3 N–H and O–H groups in total. The molecule has 2 heteroatoms. The summed E-state index contributed by atoms with van der Waals surface area (Å²) in [5.41, 5.74) is 12.1. The van der Waals surface area contributed by atoms with Crippen LogP contribution in [-0.4, -0.2) is 6.54 Å². The maximum Gasteiger partial charge on any atom is 0.0636 e. The molecule has 0 aliphatic heterocycles. The van der Waals surface area contributed by atoms with Gasteiger partial charge in [-0.05, 0) is 38.5 Å². The van der Waals surface area contributed by atoms with Crippen molar-refractivity contribution >= 4 is 5.69 Å². The highest BCUT2D eigenvalue weighted by Crippen LogP contribution is 2.21. The van der Waals surface area contributed by atoms with Gasteiger partial charge in [0.2, 0.25) is 0 Å². The first-order valence-electron chi connectivity index (χ1n) is 6.70. The number of nitrogens with two attached hydrogens (primary N) is 1. The zero-order valence-corrected chi connectivity index (χ0v) is 11.9. The average molecular weight is 254 g/mol. The minimum Gasteiger partial charge on any atom is -0.377 e. The van der Waals surface area contributed by atoms with Crippen LogP contribution in [0.15, 0.2) is 42.5 Å². The molecule has 0 spiro atoms. The first-order valence-corrected chi connectivity index (χ1v) is 6.70. The molecule has 0 saturated carbocycles. The van der Waals surface area contributed by atoms with Crippen molar-refractivity contribution in [3.8, 4) is 0 Å². The molecule has 1 unspecified atom stereocenters. The number of anilines is 1. The first-order chi connectivity index (χ1) is 9.08. The second-order valence-electron chi connectivity index (χ2n) is 5.22. The predicted molar refractivity (Wildman–Crippen MR) is 82.5 cm³/mol. The molecule has 2 rings (SSSR count). The molecule has 0 fully saturated rings. The fourth-order valence-electron chi connectivity index (χ4n) is 2.34. The van der Waals surface area contributed by atoms with Crippen LogP contribution in [0.1, 0.15) is 28.3 Å². The molecule has 19 heavy (non-hydrogen) atoms. The van der Waals surface area contributed by atoms with Crippen LogP contribution in [-0.2, 0) is 0 Å². The van der Waals surface area contributed by atoms with Gasteiger partial charge in [-0.1, -0.05) is 47.0 Å². The van der Waals surface area contributed by atoms with Gasteiger partial charge in [-0.15, -0.1) is 0 Å². The Labute approximate surface area is 115 Å². The van der Waals surface area contributed by atoms with E-state index in [0.29, 0.717) is 6.54 Å². The van der Waals surface area contributed by atoms with Crippen molar-refractivity contribution in [3.05, 3.63) is 64.7 Å². The second kappa shape index (κ2) is 5.89. The maximum absolute atomic E-state index is 5.92. The summed E-state index contributed by atoms with van der Waals surface area (Å²) in [4.78, 5) is 0. The first kappa shape index (κ1) is 13.6. The maximum atomic E-state index is 5.92. The summed E-state index contributed by atoms with van der Waals surface area (Å²) in [6.07, 6.45) is 0. The molecular weight excluding hydrogens is 232 g/mol. The smallest absolute Gasteiger partial charge is 0.0636 e. The van der Waals surface area contributed by atoms with Gasteiger partial charge in [0.1, 0.15) is 0 Å². The van der Waals surface area contributed by atoms with Gasteiger partial charge in [-0.2, -0.15) is 0 Å². The Morgan fingerprint density at radius 2 is 1.47 bits per heavy atom. The normalized spacial score (nSPS) is 12.2. The van der Waals surface area contributed by atoms with Crippen molar-refractivity contribution in [2.75, 3.05) is 11.9 Å². The topological polar surface area (TPSA) is 38.0 Å². The number of nitrogens with one attached hydrogen (secondary N) is 1. The van der Waals surface area contributed by atoms with Gasteiger partial charge in [0.15, 0.2) is 0 Å². The molecule has 0 aromatic heterocycles. The van der Waals surface area contributed by atoms with E-state index in [-0.39, 0.29) is 6.04 Å². The van der Waals surface area contributed by atoms with Crippen LogP contribution in [0.3, 0.4) is 0 Å². The van der Waals surface area contributed by atoms with Crippen LogP contribution in [0, 0.1) is 20.8 Å². The zero-order chi connectivity index (χ0) is 13.8. The molecule has 0 heterocycles. The van der Waals surface area contributed by atoms with E-state index in [2.05, 4.69) is 68.6 Å². The van der Waals surface area contributed by atoms with Gasteiger partial charge in [0.05, 0.1) is 6.04 Å². The van der Waals surface area contributed by atoms with E-state index in [9.17, 15) is 0 Å². The van der Waals surface area contributed by atoms with Crippen molar-refractivity contribution in [1.82, 2.24) is 0 Å².